The van der Waals surface area contributed by atoms with Crippen molar-refractivity contribution >= 4 is 5.91 Å². The Labute approximate surface area is 185 Å². The van der Waals surface area contributed by atoms with E-state index in [9.17, 15) is 4.79 Å². The molecule has 1 aromatic heterocycles. The smallest absolute Gasteiger partial charge is 0.251 e. The van der Waals surface area contributed by atoms with E-state index in [1.54, 1.807) is 0 Å². The van der Waals surface area contributed by atoms with E-state index in [-0.39, 0.29) is 5.91 Å². The lowest BCUT2D eigenvalue weighted by molar-refractivity contribution is 0.0951. The molecule has 0 aliphatic carbocycles. The topological polar surface area (TPSA) is 50.2 Å². The van der Waals surface area contributed by atoms with Crippen LogP contribution in [-0.2, 0) is 19.6 Å². The number of nitrogens with zero attached hydrogens (tertiary/aromatic N) is 3. The van der Waals surface area contributed by atoms with Gasteiger partial charge in [-0.25, -0.2) is 4.98 Å². The van der Waals surface area contributed by atoms with Gasteiger partial charge in [0.2, 0.25) is 0 Å². The molecule has 0 bridgehead atoms. The first kappa shape index (κ1) is 21.3. The van der Waals surface area contributed by atoms with E-state index in [0.29, 0.717) is 12.1 Å². The van der Waals surface area contributed by atoms with Gasteiger partial charge in [0.05, 0.1) is 0 Å². The Morgan fingerprint density at radius 3 is 2.23 bits per heavy atom. The molecule has 162 valence electrons. The van der Waals surface area contributed by atoms with Crippen LogP contribution in [0.1, 0.15) is 52.6 Å². The molecule has 0 atom stereocenters. The summed E-state index contributed by atoms with van der Waals surface area (Å²) in [7, 11) is 0. The molecule has 31 heavy (non-hydrogen) atoms. The summed E-state index contributed by atoms with van der Waals surface area (Å²) in [5.74, 6) is 1.82. The molecule has 2 aromatic carbocycles. The van der Waals surface area contributed by atoms with Crippen molar-refractivity contribution in [3.8, 4) is 0 Å². The third kappa shape index (κ3) is 5.82. The van der Waals surface area contributed by atoms with Crippen LogP contribution >= 0.6 is 0 Å². The highest BCUT2D eigenvalue weighted by atomic mass is 16.1. The van der Waals surface area contributed by atoms with Gasteiger partial charge in [-0.1, -0.05) is 43.3 Å². The number of hydrogen-bond acceptors (Lipinski definition) is 3. The fourth-order valence-electron chi connectivity index (χ4n) is 4.05. The zero-order valence-corrected chi connectivity index (χ0v) is 18.6. The Morgan fingerprint density at radius 1 is 0.968 bits per heavy atom. The maximum Gasteiger partial charge on any atom is 0.251 e. The number of piperidine rings is 1. The van der Waals surface area contributed by atoms with E-state index in [0.717, 1.165) is 30.4 Å². The van der Waals surface area contributed by atoms with E-state index < -0.39 is 0 Å². The molecule has 1 fully saturated rings. The number of aromatic nitrogens is 2. The lowest BCUT2D eigenvalue weighted by Crippen LogP contribution is -2.32. The highest BCUT2D eigenvalue weighted by molar-refractivity contribution is 5.94. The first-order valence-electron chi connectivity index (χ1n) is 11.2. The first-order chi connectivity index (χ1) is 15.1. The lowest BCUT2D eigenvalue weighted by atomic mass is 9.99. The van der Waals surface area contributed by atoms with Crippen molar-refractivity contribution in [1.82, 2.24) is 19.8 Å². The number of carbonyl (C=O) groups is 1. The Kier molecular flexibility index (Phi) is 6.82. The van der Waals surface area contributed by atoms with Gasteiger partial charge < -0.3 is 9.88 Å². The van der Waals surface area contributed by atoms with Gasteiger partial charge in [-0.15, -0.1) is 0 Å². The van der Waals surface area contributed by atoms with Crippen LogP contribution in [0.5, 0.6) is 0 Å². The van der Waals surface area contributed by atoms with Gasteiger partial charge in [-0.2, -0.15) is 0 Å². The minimum atomic E-state index is -0.0311. The summed E-state index contributed by atoms with van der Waals surface area (Å²) in [4.78, 5) is 19.3. The maximum absolute atomic E-state index is 12.5. The quantitative estimate of drug-likeness (QED) is 0.621. The molecular weight excluding hydrogens is 384 g/mol. The van der Waals surface area contributed by atoms with Gasteiger partial charge in [-0.05, 0) is 67.6 Å². The predicted octanol–water partition coefficient (Wildman–Crippen LogP) is 4.40. The van der Waals surface area contributed by atoms with Crippen LogP contribution < -0.4 is 5.32 Å². The number of likely N-dealkylation sites (tertiary alicyclic amines) is 1. The number of rotatable bonds is 7. The molecule has 0 unspecified atom stereocenters. The van der Waals surface area contributed by atoms with Crippen LogP contribution in [0.3, 0.4) is 0 Å². The van der Waals surface area contributed by atoms with Crippen LogP contribution in [0.15, 0.2) is 60.9 Å². The van der Waals surface area contributed by atoms with Crippen LogP contribution in [0.25, 0.3) is 0 Å². The summed E-state index contributed by atoms with van der Waals surface area (Å²) in [6, 6.07) is 16.4. The van der Waals surface area contributed by atoms with E-state index in [4.69, 9.17) is 0 Å². The second-order valence-electron chi connectivity index (χ2n) is 8.76. The molecule has 5 heteroatoms. The number of benzene rings is 2. The second kappa shape index (κ2) is 9.92. The summed E-state index contributed by atoms with van der Waals surface area (Å²) in [5, 5.41) is 3.03. The molecule has 1 N–H and O–H groups in total. The second-order valence-corrected chi connectivity index (χ2v) is 8.76. The summed E-state index contributed by atoms with van der Waals surface area (Å²) in [6.45, 7) is 8.98. The van der Waals surface area contributed by atoms with Crippen LogP contribution in [0, 0.1) is 12.8 Å². The Balaban J connectivity index is 1.26. The van der Waals surface area contributed by atoms with Crippen molar-refractivity contribution in [1.29, 1.82) is 0 Å². The molecule has 2 heterocycles. The summed E-state index contributed by atoms with van der Waals surface area (Å²) < 4.78 is 2.12. The van der Waals surface area contributed by atoms with Crippen molar-refractivity contribution in [3.63, 3.8) is 0 Å². The van der Waals surface area contributed by atoms with Crippen molar-refractivity contribution in [3.05, 3.63) is 89.0 Å². The fourth-order valence-corrected chi connectivity index (χ4v) is 4.05. The van der Waals surface area contributed by atoms with Gasteiger partial charge in [0.15, 0.2) is 0 Å². The van der Waals surface area contributed by atoms with Crippen LogP contribution in [0.2, 0.25) is 0 Å². The molecule has 1 saturated heterocycles. The van der Waals surface area contributed by atoms with Crippen molar-refractivity contribution in [2.75, 3.05) is 13.1 Å². The minimum Gasteiger partial charge on any atom is -0.348 e. The van der Waals surface area contributed by atoms with Crippen molar-refractivity contribution in [2.45, 2.75) is 46.3 Å². The average molecular weight is 417 g/mol. The third-order valence-electron chi connectivity index (χ3n) is 6.25. The first-order valence-corrected chi connectivity index (χ1v) is 11.2. The number of carbonyl (C=O) groups excluding carboxylic acids is 1. The molecule has 1 aliphatic heterocycles. The van der Waals surface area contributed by atoms with Gasteiger partial charge in [-0.3, -0.25) is 9.69 Å². The largest absolute Gasteiger partial charge is 0.348 e. The van der Waals surface area contributed by atoms with E-state index in [1.807, 2.05) is 31.5 Å². The minimum absolute atomic E-state index is 0.0311. The highest BCUT2D eigenvalue weighted by Crippen LogP contribution is 2.18. The third-order valence-corrected chi connectivity index (χ3v) is 6.25. The molecular formula is C26H32N4O. The SMILES string of the molecule is Cc1nccn1Cc1ccc(CNC(=O)c2ccc(CN3CCC(C)CC3)cc2)cc1. The standard InChI is InChI=1S/C26H32N4O/c1-20-11-14-29(15-12-20)18-23-7-9-25(10-8-23)26(31)28-17-22-3-5-24(6-4-22)19-30-16-13-27-21(30)2/h3-10,13,16,20H,11-12,14-15,17-19H2,1-2H3,(H,28,31). The Bertz CT molecular complexity index is 983. The van der Waals surface area contributed by atoms with Crippen LogP contribution in [0.4, 0.5) is 0 Å². The van der Waals surface area contributed by atoms with E-state index >= 15 is 0 Å². The molecule has 0 saturated carbocycles. The normalized spacial score (nSPS) is 15.2. The van der Waals surface area contributed by atoms with E-state index in [2.05, 4.69) is 63.1 Å². The monoisotopic (exact) mass is 416 g/mol. The number of nitrogens with one attached hydrogen (secondary N) is 1. The molecule has 1 aliphatic rings. The average Bonchev–Trinajstić information content (AvgIpc) is 3.19. The highest BCUT2D eigenvalue weighted by Gasteiger charge is 2.15. The predicted molar refractivity (Wildman–Crippen MR) is 124 cm³/mol. The van der Waals surface area contributed by atoms with Gasteiger partial charge in [0, 0.05) is 37.6 Å². The number of amides is 1. The number of hydrogen-bond donors (Lipinski definition) is 1. The zero-order chi connectivity index (χ0) is 21.6. The molecule has 0 radical (unpaired) electrons. The Hall–Kier alpha value is -2.92. The summed E-state index contributed by atoms with van der Waals surface area (Å²) in [6.07, 6.45) is 6.37. The maximum atomic E-state index is 12.5. The van der Waals surface area contributed by atoms with Gasteiger partial charge in [0.25, 0.3) is 5.91 Å². The molecule has 1 amide bonds. The summed E-state index contributed by atoms with van der Waals surface area (Å²) >= 11 is 0. The van der Waals surface area contributed by atoms with Crippen LogP contribution in [-0.4, -0.2) is 33.4 Å². The van der Waals surface area contributed by atoms with Crippen molar-refractivity contribution < 1.29 is 4.79 Å². The lowest BCUT2D eigenvalue weighted by Gasteiger charge is -2.30. The zero-order valence-electron chi connectivity index (χ0n) is 18.6. The molecule has 5 nitrogen and oxygen atoms in total. The summed E-state index contributed by atoms with van der Waals surface area (Å²) in [5.41, 5.74) is 4.29. The number of imidazole rings is 1. The van der Waals surface area contributed by atoms with Gasteiger partial charge >= 0.3 is 0 Å². The number of aryl methyl sites for hydroxylation is 1. The molecule has 0 spiro atoms. The molecule has 4 rings (SSSR count). The fraction of sp³-hybridized carbons (Fsp3) is 0.385. The van der Waals surface area contributed by atoms with Gasteiger partial charge in [0.1, 0.15) is 5.82 Å². The van der Waals surface area contributed by atoms with E-state index in [1.165, 1.54) is 37.1 Å². The Morgan fingerprint density at radius 2 is 1.58 bits per heavy atom. The van der Waals surface area contributed by atoms with Crippen molar-refractivity contribution in [2.24, 2.45) is 5.92 Å². The molecule has 3 aromatic rings.